The molecule has 1 aromatic carbocycles. The van der Waals surface area contributed by atoms with Crippen molar-refractivity contribution in [1.29, 1.82) is 0 Å². The summed E-state index contributed by atoms with van der Waals surface area (Å²) in [4.78, 5) is 28.1. The summed E-state index contributed by atoms with van der Waals surface area (Å²) in [7, 11) is 1.49. The predicted octanol–water partition coefficient (Wildman–Crippen LogP) is 3.45. The molecule has 0 aromatic heterocycles. The van der Waals surface area contributed by atoms with Gasteiger partial charge in [0.1, 0.15) is 12.0 Å². The smallest absolute Gasteiger partial charge is 0.248 e. The summed E-state index contributed by atoms with van der Waals surface area (Å²) in [6.45, 7) is 5.35. The molecule has 1 aliphatic rings. The van der Waals surface area contributed by atoms with Gasteiger partial charge in [-0.05, 0) is 31.5 Å². The number of rotatable bonds is 7. The van der Waals surface area contributed by atoms with E-state index in [4.69, 9.17) is 27.9 Å². The molecule has 2 rings (SSSR count). The second-order valence-corrected chi connectivity index (χ2v) is 7.98. The van der Waals surface area contributed by atoms with E-state index in [0.29, 0.717) is 29.7 Å². The number of carbonyl (C=O) groups is 2. The maximum absolute atomic E-state index is 12.6. The normalized spacial score (nSPS) is 20.2. The van der Waals surface area contributed by atoms with Crippen molar-refractivity contribution in [1.82, 2.24) is 9.80 Å². The van der Waals surface area contributed by atoms with Gasteiger partial charge in [0.25, 0.3) is 0 Å². The summed E-state index contributed by atoms with van der Waals surface area (Å²) < 4.78 is 4.91. The highest BCUT2D eigenvalue weighted by atomic mass is 35.5. The quantitative estimate of drug-likeness (QED) is 0.697. The van der Waals surface area contributed by atoms with Crippen molar-refractivity contribution in [3.05, 3.63) is 33.8 Å². The lowest BCUT2D eigenvalue weighted by molar-refractivity contribution is -0.137. The molecule has 138 valence electrons. The Balaban J connectivity index is 2.13. The highest BCUT2D eigenvalue weighted by Crippen LogP contribution is 2.43. The molecular formula is C17H22Cl2N2O3S. The van der Waals surface area contributed by atoms with Crippen LogP contribution in [-0.2, 0) is 14.3 Å². The van der Waals surface area contributed by atoms with E-state index in [1.54, 1.807) is 33.7 Å². The fourth-order valence-corrected chi connectivity index (χ4v) is 4.33. The van der Waals surface area contributed by atoms with E-state index >= 15 is 0 Å². The van der Waals surface area contributed by atoms with Crippen molar-refractivity contribution in [2.45, 2.75) is 24.5 Å². The minimum Gasteiger partial charge on any atom is -0.375 e. The van der Waals surface area contributed by atoms with Crippen LogP contribution in [0.25, 0.3) is 0 Å². The van der Waals surface area contributed by atoms with Crippen LogP contribution in [0, 0.1) is 0 Å². The number of thioether (sulfide) groups is 1. The number of methoxy groups -OCH3 is 1. The zero-order valence-corrected chi connectivity index (χ0v) is 16.8. The summed E-state index contributed by atoms with van der Waals surface area (Å²) in [5, 5.41) is 0.691. The molecular weight excluding hydrogens is 383 g/mol. The molecule has 0 spiro atoms. The van der Waals surface area contributed by atoms with Crippen LogP contribution in [0.15, 0.2) is 18.2 Å². The summed E-state index contributed by atoms with van der Waals surface area (Å²) in [6.07, 6.45) is 0. The number of nitrogens with zero attached hydrogens (tertiary/aromatic N) is 2. The van der Waals surface area contributed by atoms with Crippen LogP contribution >= 0.6 is 35.0 Å². The number of carbonyl (C=O) groups excluding carboxylic acids is 2. The molecule has 0 saturated carbocycles. The second-order valence-electron chi connectivity index (χ2n) is 5.74. The van der Waals surface area contributed by atoms with Crippen molar-refractivity contribution in [2.24, 2.45) is 0 Å². The topological polar surface area (TPSA) is 49.9 Å². The van der Waals surface area contributed by atoms with Crippen LogP contribution in [0.3, 0.4) is 0 Å². The Morgan fingerprint density at radius 3 is 2.68 bits per heavy atom. The van der Waals surface area contributed by atoms with E-state index in [1.165, 1.54) is 7.11 Å². The maximum Gasteiger partial charge on any atom is 0.248 e. The van der Waals surface area contributed by atoms with Gasteiger partial charge in [-0.2, -0.15) is 0 Å². The highest BCUT2D eigenvalue weighted by molar-refractivity contribution is 8.01. The van der Waals surface area contributed by atoms with Gasteiger partial charge in [-0.25, -0.2) is 0 Å². The molecule has 0 aliphatic carbocycles. The highest BCUT2D eigenvalue weighted by Gasteiger charge is 2.38. The molecule has 2 unspecified atom stereocenters. The number of ether oxygens (including phenoxy) is 1. The molecule has 2 atom stereocenters. The van der Waals surface area contributed by atoms with Gasteiger partial charge in [-0.3, -0.25) is 9.59 Å². The van der Waals surface area contributed by atoms with Crippen LogP contribution in [-0.4, -0.2) is 60.2 Å². The average molecular weight is 405 g/mol. The van der Waals surface area contributed by atoms with Crippen molar-refractivity contribution < 1.29 is 14.3 Å². The third-order valence-electron chi connectivity index (χ3n) is 4.09. The summed E-state index contributed by atoms with van der Waals surface area (Å²) in [6, 6.07) is 5.43. The molecule has 1 heterocycles. The third kappa shape index (κ3) is 4.82. The van der Waals surface area contributed by atoms with Crippen LogP contribution in [0.4, 0.5) is 0 Å². The van der Waals surface area contributed by atoms with Gasteiger partial charge in [0.15, 0.2) is 0 Å². The lowest BCUT2D eigenvalue weighted by atomic mass is 10.2. The number of benzene rings is 1. The van der Waals surface area contributed by atoms with Crippen LogP contribution in [0.5, 0.6) is 0 Å². The number of hydrogen-bond donors (Lipinski definition) is 0. The molecule has 0 N–H and O–H groups in total. The number of hydrogen-bond acceptors (Lipinski definition) is 4. The Kier molecular flexibility index (Phi) is 7.43. The Morgan fingerprint density at radius 2 is 2.08 bits per heavy atom. The molecule has 25 heavy (non-hydrogen) atoms. The first-order valence-electron chi connectivity index (χ1n) is 8.06. The molecule has 8 heteroatoms. The van der Waals surface area contributed by atoms with E-state index in [1.807, 2.05) is 19.9 Å². The van der Waals surface area contributed by atoms with E-state index in [0.717, 1.165) is 5.56 Å². The van der Waals surface area contributed by atoms with Gasteiger partial charge < -0.3 is 14.5 Å². The summed E-state index contributed by atoms with van der Waals surface area (Å²) in [5.74, 6) is -0.0141. The van der Waals surface area contributed by atoms with Crippen molar-refractivity contribution in [2.75, 3.05) is 33.4 Å². The molecule has 1 aromatic rings. The van der Waals surface area contributed by atoms with Crippen molar-refractivity contribution in [3.8, 4) is 0 Å². The van der Waals surface area contributed by atoms with Gasteiger partial charge in [-0.1, -0.05) is 29.3 Å². The average Bonchev–Trinajstić information content (AvgIpc) is 2.86. The van der Waals surface area contributed by atoms with Gasteiger partial charge >= 0.3 is 0 Å². The van der Waals surface area contributed by atoms with Crippen molar-refractivity contribution >= 4 is 46.8 Å². The SMILES string of the molecule is CCN(CCN1C(=O)C(C)SC1c1ccc(Cl)c(Cl)c1)C(=O)COC. The van der Waals surface area contributed by atoms with E-state index in [9.17, 15) is 9.59 Å². The van der Waals surface area contributed by atoms with E-state index in [2.05, 4.69) is 0 Å². The zero-order chi connectivity index (χ0) is 18.6. The number of halogens is 2. The Bertz CT molecular complexity index is 644. The van der Waals surface area contributed by atoms with Crippen LogP contribution < -0.4 is 0 Å². The van der Waals surface area contributed by atoms with Crippen LogP contribution in [0.2, 0.25) is 10.0 Å². The van der Waals surface area contributed by atoms with Crippen LogP contribution in [0.1, 0.15) is 24.8 Å². The molecule has 0 bridgehead atoms. The molecule has 1 aliphatic heterocycles. The van der Waals surface area contributed by atoms with E-state index < -0.39 is 0 Å². The predicted molar refractivity (Wildman–Crippen MR) is 102 cm³/mol. The first-order valence-corrected chi connectivity index (χ1v) is 9.76. The first-order chi connectivity index (χ1) is 11.9. The third-order valence-corrected chi connectivity index (χ3v) is 6.22. The first kappa shape index (κ1) is 20.4. The number of likely N-dealkylation sites (N-methyl/N-ethyl adjacent to an activating group) is 1. The van der Waals surface area contributed by atoms with Gasteiger partial charge in [0, 0.05) is 26.7 Å². The Hall–Kier alpha value is -0.950. The largest absolute Gasteiger partial charge is 0.375 e. The minimum absolute atomic E-state index is 0.0448. The summed E-state index contributed by atoms with van der Waals surface area (Å²) >= 11 is 13.7. The van der Waals surface area contributed by atoms with Crippen molar-refractivity contribution in [3.63, 3.8) is 0 Å². The summed E-state index contributed by atoms with van der Waals surface area (Å²) in [5.41, 5.74) is 0.934. The fourth-order valence-electron chi connectivity index (χ4n) is 2.73. The molecule has 0 radical (unpaired) electrons. The molecule has 1 fully saturated rings. The molecule has 1 saturated heterocycles. The lowest BCUT2D eigenvalue weighted by Gasteiger charge is -2.28. The van der Waals surface area contributed by atoms with Gasteiger partial charge in [0.05, 0.1) is 15.3 Å². The number of amides is 2. The van der Waals surface area contributed by atoms with Gasteiger partial charge in [-0.15, -0.1) is 11.8 Å². The standard InChI is InChI=1S/C17H22Cl2N2O3S/c1-4-20(15(22)10-24-3)7-8-21-16(23)11(2)25-17(21)12-5-6-13(18)14(19)9-12/h5-6,9,11,17H,4,7-8,10H2,1-3H3. The monoisotopic (exact) mass is 404 g/mol. The second kappa shape index (κ2) is 9.12. The van der Waals surface area contributed by atoms with Gasteiger partial charge in [0.2, 0.25) is 11.8 Å². The maximum atomic E-state index is 12.6. The lowest BCUT2D eigenvalue weighted by Crippen LogP contribution is -2.41. The fraction of sp³-hybridized carbons (Fsp3) is 0.529. The molecule has 5 nitrogen and oxygen atoms in total. The Labute approximate surface area is 162 Å². The minimum atomic E-state index is -0.135. The molecule has 2 amide bonds. The zero-order valence-electron chi connectivity index (χ0n) is 14.5. The van der Waals surface area contributed by atoms with E-state index in [-0.39, 0.29) is 29.0 Å². The Morgan fingerprint density at radius 1 is 1.36 bits per heavy atom.